The zero-order valence-corrected chi connectivity index (χ0v) is 19.1. The van der Waals surface area contributed by atoms with Gasteiger partial charge in [-0.05, 0) is 55.0 Å². The van der Waals surface area contributed by atoms with Gasteiger partial charge in [0.1, 0.15) is 12.4 Å². The van der Waals surface area contributed by atoms with Crippen molar-refractivity contribution in [1.82, 2.24) is 10.7 Å². The van der Waals surface area contributed by atoms with Gasteiger partial charge >= 0.3 is 0 Å². The Labute approximate surface area is 201 Å². The van der Waals surface area contributed by atoms with Gasteiger partial charge in [-0.2, -0.15) is 5.10 Å². The molecule has 0 spiro atoms. The van der Waals surface area contributed by atoms with Gasteiger partial charge in [-0.1, -0.05) is 29.3 Å². The third-order valence-electron chi connectivity index (χ3n) is 4.94. The molecule has 1 heterocycles. The fourth-order valence-corrected chi connectivity index (χ4v) is 3.28. The molecule has 8 nitrogen and oxygen atoms in total. The number of hydrogen-bond acceptors (Lipinski definition) is 6. The number of hydrogen-bond donors (Lipinski definition) is 2. The number of benzene rings is 3. The zero-order chi connectivity index (χ0) is 23.9. The molecule has 0 unspecified atom stereocenters. The summed E-state index contributed by atoms with van der Waals surface area (Å²) in [6, 6.07) is 17.8. The molecule has 0 saturated heterocycles. The van der Waals surface area contributed by atoms with E-state index >= 15 is 0 Å². The number of halogens is 1. The number of nitrogens with one attached hydrogen (secondary N) is 2. The number of fused-ring (bicyclic) bond motifs is 1. The summed E-state index contributed by atoms with van der Waals surface area (Å²) in [5, 5.41) is 7.01. The third kappa shape index (κ3) is 6.05. The molecule has 174 valence electrons. The molecule has 0 radical (unpaired) electrons. The first kappa shape index (κ1) is 23.1. The van der Waals surface area contributed by atoms with E-state index < -0.39 is 5.91 Å². The predicted octanol–water partition coefficient (Wildman–Crippen LogP) is 3.84. The Hall–Kier alpha value is -4.04. The van der Waals surface area contributed by atoms with Crippen molar-refractivity contribution in [3.8, 4) is 17.2 Å². The minimum Gasteiger partial charge on any atom is -0.489 e. The lowest BCUT2D eigenvalue weighted by atomic mass is 10.1. The highest BCUT2D eigenvalue weighted by molar-refractivity contribution is 6.31. The number of carbonyl (C=O) groups is 2. The number of nitrogens with zero attached hydrogens (tertiary/aromatic N) is 1. The van der Waals surface area contributed by atoms with Crippen LogP contribution < -0.4 is 25.0 Å². The van der Waals surface area contributed by atoms with Crippen LogP contribution in [0.4, 0.5) is 0 Å². The summed E-state index contributed by atoms with van der Waals surface area (Å²) in [5.41, 5.74) is 5.47. The van der Waals surface area contributed by atoms with Gasteiger partial charge in [-0.25, -0.2) is 5.43 Å². The molecular formula is C25H22ClN3O5. The Morgan fingerprint density at radius 1 is 1.06 bits per heavy atom. The molecule has 0 saturated carbocycles. The van der Waals surface area contributed by atoms with Crippen LogP contribution >= 0.6 is 11.6 Å². The summed E-state index contributed by atoms with van der Waals surface area (Å²) in [4.78, 5) is 23.9. The number of hydrazone groups is 1. The van der Waals surface area contributed by atoms with Crippen molar-refractivity contribution in [3.63, 3.8) is 0 Å². The SMILES string of the molecule is Cc1ccc(C(=O)NCC(=O)N/N=C/c2ccc(OCc3cc4c(cc3Cl)OCO4)cc2)cc1. The Morgan fingerprint density at radius 2 is 1.76 bits per heavy atom. The summed E-state index contributed by atoms with van der Waals surface area (Å²) in [6.07, 6.45) is 1.50. The predicted molar refractivity (Wildman–Crippen MR) is 128 cm³/mol. The van der Waals surface area contributed by atoms with Gasteiger partial charge in [0, 0.05) is 17.2 Å². The van der Waals surface area contributed by atoms with E-state index in [9.17, 15) is 9.59 Å². The monoisotopic (exact) mass is 479 g/mol. The Bertz CT molecular complexity index is 1210. The van der Waals surface area contributed by atoms with E-state index in [2.05, 4.69) is 15.8 Å². The molecule has 3 aromatic carbocycles. The van der Waals surface area contributed by atoms with Crippen molar-refractivity contribution in [1.29, 1.82) is 0 Å². The summed E-state index contributed by atoms with van der Waals surface area (Å²) in [5.74, 6) is 1.16. The number of ether oxygens (including phenoxy) is 3. The van der Waals surface area contributed by atoms with E-state index in [1.54, 1.807) is 48.5 Å². The van der Waals surface area contributed by atoms with Crippen molar-refractivity contribution >= 4 is 29.6 Å². The second kappa shape index (κ2) is 10.7. The fourth-order valence-electron chi connectivity index (χ4n) is 3.07. The van der Waals surface area contributed by atoms with E-state index in [0.29, 0.717) is 27.8 Å². The van der Waals surface area contributed by atoms with Crippen molar-refractivity contribution in [2.24, 2.45) is 5.10 Å². The van der Waals surface area contributed by atoms with Crippen molar-refractivity contribution in [2.75, 3.05) is 13.3 Å². The Morgan fingerprint density at radius 3 is 2.50 bits per heavy atom. The maximum Gasteiger partial charge on any atom is 0.259 e. The molecule has 1 aliphatic rings. The van der Waals surface area contributed by atoms with E-state index in [4.69, 9.17) is 25.8 Å². The molecule has 1 aliphatic heterocycles. The largest absolute Gasteiger partial charge is 0.489 e. The maximum absolute atomic E-state index is 12.0. The van der Waals surface area contributed by atoms with Gasteiger partial charge in [0.05, 0.1) is 17.8 Å². The van der Waals surface area contributed by atoms with Gasteiger partial charge in [0.15, 0.2) is 11.5 Å². The summed E-state index contributed by atoms with van der Waals surface area (Å²) >= 11 is 6.27. The molecule has 0 fully saturated rings. The number of amides is 2. The Kier molecular flexibility index (Phi) is 7.29. The van der Waals surface area contributed by atoms with E-state index in [-0.39, 0.29) is 25.9 Å². The van der Waals surface area contributed by atoms with Gasteiger partial charge in [-0.3, -0.25) is 9.59 Å². The van der Waals surface area contributed by atoms with E-state index in [0.717, 1.165) is 16.7 Å². The number of rotatable bonds is 8. The number of carbonyl (C=O) groups excluding carboxylic acids is 2. The first-order valence-electron chi connectivity index (χ1n) is 10.5. The van der Waals surface area contributed by atoms with Crippen LogP contribution in [0.2, 0.25) is 5.02 Å². The zero-order valence-electron chi connectivity index (χ0n) is 18.3. The minimum absolute atomic E-state index is 0.181. The molecule has 9 heteroatoms. The van der Waals surface area contributed by atoms with Gasteiger partial charge in [0.25, 0.3) is 11.8 Å². The van der Waals surface area contributed by atoms with Crippen LogP contribution in [0.15, 0.2) is 65.8 Å². The molecule has 3 aromatic rings. The van der Waals surface area contributed by atoms with Crippen LogP contribution in [0.1, 0.15) is 27.0 Å². The smallest absolute Gasteiger partial charge is 0.259 e. The van der Waals surface area contributed by atoms with Crippen LogP contribution in [0, 0.1) is 6.92 Å². The summed E-state index contributed by atoms with van der Waals surface area (Å²) < 4.78 is 16.5. The fraction of sp³-hybridized carbons (Fsp3) is 0.160. The van der Waals surface area contributed by atoms with E-state index in [1.807, 2.05) is 19.1 Å². The molecular weight excluding hydrogens is 458 g/mol. The average molecular weight is 480 g/mol. The topological polar surface area (TPSA) is 98.3 Å². The van der Waals surface area contributed by atoms with Crippen LogP contribution in [0.5, 0.6) is 17.2 Å². The molecule has 2 amide bonds. The standard InChI is InChI=1S/C25H22ClN3O5/c1-16-2-6-18(7-3-16)25(31)27-13-24(30)29-28-12-17-4-8-20(9-5-17)32-14-19-10-22-23(11-21(19)26)34-15-33-22/h2-12H,13-15H2,1H3,(H,27,31)(H,29,30)/b28-12+. The maximum atomic E-state index is 12.0. The second-order valence-corrected chi connectivity index (χ2v) is 7.90. The van der Waals surface area contributed by atoms with Crippen molar-refractivity contribution in [2.45, 2.75) is 13.5 Å². The summed E-state index contributed by atoms with van der Waals surface area (Å²) in [6.45, 7) is 2.21. The molecule has 2 N–H and O–H groups in total. The minimum atomic E-state index is -0.433. The molecule has 4 rings (SSSR count). The molecule has 0 aliphatic carbocycles. The molecule has 34 heavy (non-hydrogen) atoms. The summed E-state index contributed by atoms with van der Waals surface area (Å²) in [7, 11) is 0. The van der Waals surface area contributed by atoms with Crippen molar-refractivity contribution < 1.29 is 23.8 Å². The highest BCUT2D eigenvalue weighted by atomic mass is 35.5. The van der Waals surface area contributed by atoms with Crippen LogP contribution in [0.25, 0.3) is 0 Å². The lowest BCUT2D eigenvalue weighted by Crippen LogP contribution is -2.34. The van der Waals surface area contributed by atoms with Crippen LogP contribution in [0.3, 0.4) is 0 Å². The van der Waals surface area contributed by atoms with Gasteiger partial charge < -0.3 is 19.5 Å². The highest BCUT2D eigenvalue weighted by Crippen LogP contribution is 2.37. The van der Waals surface area contributed by atoms with Crippen molar-refractivity contribution in [3.05, 3.63) is 87.9 Å². The average Bonchev–Trinajstić information content (AvgIpc) is 3.29. The van der Waals surface area contributed by atoms with Crippen LogP contribution in [-0.4, -0.2) is 31.4 Å². The number of aryl methyl sites for hydroxylation is 1. The molecule has 0 bridgehead atoms. The first-order chi connectivity index (χ1) is 16.5. The highest BCUT2D eigenvalue weighted by Gasteiger charge is 2.16. The normalized spacial score (nSPS) is 11.9. The first-order valence-corrected chi connectivity index (χ1v) is 10.8. The van der Waals surface area contributed by atoms with Gasteiger partial charge in [0.2, 0.25) is 6.79 Å². The van der Waals surface area contributed by atoms with Gasteiger partial charge in [-0.15, -0.1) is 0 Å². The lowest BCUT2D eigenvalue weighted by molar-refractivity contribution is -0.120. The second-order valence-electron chi connectivity index (χ2n) is 7.50. The third-order valence-corrected chi connectivity index (χ3v) is 5.29. The van der Waals surface area contributed by atoms with Crippen LogP contribution in [-0.2, 0) is 11.4 Å². The quantitative estimate of drug-likeness (QED) is 0.378. The van der Waals surface area contributed by atoms with E-state index in [1.165, 1.54) is 6.21 Å². The molecule has 0 atom stereocenters. The molecule has 0 aromatic heterocycles. The Balaban J connectivity index is 1.22. The lowest BCUT2D eigenvalue weighted by Gasteiger charge is -2.09.